The second-order valence-electron chi connectivity index (χ2n) is 7.36. The van der Waals surface area contributed by atoms with E-state index in [1.165, 1.54) is 0 Å². The molecule has 0 saturated heterocycles. The normalized spacial score (nSPS) is 17.0. The van der Waals surface area contributed by atoms with Gasteiger partial charge in [0.15, 0.2) is 0 Å². The summed E-state index contributed by atoms with van der Waals surface area (Å²) in [6.07, 6.45) is 0.935. The van der Waals surface area contributed by atoms with E-state index in [0.717, 1.165) is 6.42 Å². The molecule has 1 aliphatic carbocycles. The smallest absolute Gasteiger partial charge is 0.255 e. The van der Waals surface area contributed by atoms with Crippen molar-refractivity contribution in [1.29, 1.82) is 0 Å². The Bertz CT molecular complexity index is 971. The van der Waals surface area contributed by atoms with Crippen molar-refractivity contribution in [3.8, 4) is 0 Å². The van der Waals surface area contributed by atoms with E-state index >= 15 is 0 Å². The number of carbonyl (C=O) groups excluding carboxylic acids is 4. The van der Waals surface area contributed by atoms with Crippen LogP contribution < -0.4 is 21.7 Å². The molecule has 2 unspecified atom stereocenters. The number of nitrogens with two attached hydrogens (primary N) is 1. The molecule has 0 heterocycles. The predicted molar refractivity (Wildman–Crippen MR) is 113 cm³/mol. The molecule has 1 saturated carbocycles. The second-order valence-corrected chi connectivity index (χ2v) is 7.36. The molecular formula is C22H24N4O4. The molecule has 2 atom stereocenters. The van der Waals surface area contributed by atoms with E-state index in [-0.39, 0.29) is 36.3 Å². The van der Waals surface area contributed by atoms with E-state index in [2.05, 4.69) is 16.0 Å². The third kappa shape index (κ3) is 5.44. The first kappa shape index (κ1) is 21.0. The molecule has 30 heavy (non-hydrogen) atoms. The van der Waals surface area contributed by atoms with Crippen molar-refractivity contribution >= 4 is 35.0 Å². The van der Waals surface area contributed by atoms with Crippen LogP contribution in [0.3, 0.4) is 0 Å². The lowest BCUT2D eigenvalue weighted by Crippen LogP contribution is -2.28. The summed E-state index contributed by atoms with van der Waals surface area (Å²) in [6.45, 7) is 2.15. The minimum atomic E-state index is -0.511. The lowest BCUT2D eigenvalue weighted by molar-refractivity contribution is -0.118. The molecule has 156 valence electrons. The minimum Gasteiger partial charge on any atom is -0.370 e. The maximum Gasteiger partial charge on any atom is 0.255 e. The first-order valence-electron chi connectivity index (χ1n) is 9.73. The van der Waals surface area contributed by atoms with Crippen molar-refractivity contribution in [3.05, 3.63) is 59.7 Å². The Labute approximate surface area is 174 Å². The van der Waals surface area contributed by atoms with Crippen LogP contribution in [-0.2, 0) is 9.59 Å². The van der Waals surface area contributed by atoms with E-state index in [9.17, 15) is 19.2 Å². The van der Waals surface area contributed by atoms with E-state index in [0.29, 0.717) is 22.9 Å². The molecule has 3 rings (SSSR count). The summed E-state index contributed by atoms with van der Waals surface area (Å²) in [5.74, 6) is -0.832. The van der Waals surface area contributed by atoms with E-state index in [4.69, 9.17) is 5.73 Å². The highest BCUT2D eigenvalue weighted by Gasteiger charge is 2.39. The van der Waals surface area contributed by atoms with Crippen LogP contribution in [0.4, 0.5) is 11.4 Å². The molecule has 0 spiro atoms. The van der Waals surface area contributed by atoms with Gasteiger partial charge in [0.25, 0.3) is 11.8 Å². The van der Waals surface area contributed by atoms with E-state index in [1.807, 2.05) is 6.92 Å². The van der Waals surface area contributed by atoms with Gasteiger partial charge >= 0.3 is 0 Å². The number of carbonyl (C=O) groups is 4. The van der Waals surface area contributed by atoms with Gasteiger partial charge in [0, 0.05) is 30.1 Å². The van der Waals surface area contributed by atoms with Gasteiger partial charge in [0.05, 0.1) is 11.3 Å². The Hall–Kier alpha value is -3.68. The largest absolute Gasteiger partial charge is 0.370 e. The Morgan fingerprint density at radius 2 is 1.63 bits per heavy atom. The number of para-hydroxylation sites is 1. The average Bonchev–Trinajstić information content (AvgIpc) is 3.45. The molecule has 4 amide bonds. The molecule has 2 aromatic rings. The molecule has 8 nitrogen and oxygen atoms in total. The summed E-state index contributed by atoms with van der Waals surface area (Å²) in [5.41, 5.74) is 6.71. The maximum absolute atomic E-state index is 12.6. The quantitative estimate of drug-likeness (QED) is 0.533. The van der Waals surface area contributed by atoms with Crippen molar-refractivity contribution < 1.29 is 19.2 Å². The van der Waals surface area contributed by atoms with Crippen LogP contribution >= 0.6 is 0 Å². The zero-order valence-corrected chi connectivity index (χ0v) is 16.6. The van der Waals surface area contributed by atoms with Crippen molar-refractivity contribution in [1.82, 2.24) is 5.32 Å². The molecule has 0 radical (unpaired) electrons. The van der Waals surface area contributed by atoms with E-state index in [1.54, 1.807) is 48.5 Å². The first-order chi connectivity index (χ1) is 14.3. The van der Waals surface area contributed by atoms with Gasteiger partial charge in [-0.1, -0.05) is 19.1 Å². The zero-order chi connectivity index (χ0) is 21.7. The Morgan fingerprint density at radius 1 is 0.967 bits per heavy atom. The van der Waals surface area contributed by atoms with Gasteiger partial charge in [-0.05, 0) is 48.7 Å². The van der Waals surface area contributed by atoms with Crippen LogP contribution in [0.5, 0.6) is 0 Å². The summed E-state index contributed by atoms with van der Waals surface area (Å²) >= 11 is 0. The minimum absolute atomic E-state index is 0.00373. The molecule has 1 aliphatic rings. The average molecular weight is 408 g/mol. The Balaban J connectivity index is 1.62. The highest BCUT2D eigenvalue weighted by Crippen LogP contribution is 2.38. The molecule has 0 bridgehead atoms. The number of rotatable bonds is 8. The van der Waals surface area contributed by atoms with Gasteiger partial charge in [0.1, 0.15) is 0 Å². The summed E-state index contributed by atoms with van der Waals surface area (Å²) in [5, 5.41) is 8.16. The van der Waals surface area contributed by atoms with Crippen LogP contribution in [0.25, 0.3) is 0 Å². The van der Waals surface area contributed by atoms with Crippen LogP contribution in [0.2, 0.25) is 0 Å². The fourth-order valence-corrected chi connectivity index (χ4v) is 3.01. The molecule has 5 N–H and O–H groups in total. The summed E-state index contributed by atoms with van der Waals surface area (Å²) in [6, 6.07) is 13.1. The number of nitrogens with one attached hydrogen (secondary N) is 3. The number of hydrogen-bond donors (Lipinski definition) is 4. The molecule has 0 aliphatic heterocycles. The molecular weight excluding hydrogens is 384 g/mol. The number of anilines is 2. The topological polar surface area (TPSA) is 130 Å². The lowest BCUT2D eigenvalue weighted by atomic mass is 10.1. The third-order valence-corrected chi connectivity index (χ3v) is 4.94. The van der Waals surface area contributed by atoms with Crippen LogP contribution in [0.1, 0.15) is 40.5 Å². The highest BCUT2D eigenvalue weighted by atomic mass is 16.2. The van der Waals surface area contributed by atoms with E-state index < -0.39 is 11.8 Å². The molecule has 0 aromatic heterocycles. The van der Waals surface area contributed by atoms with Crippen LogP contribution in [-0.4, -0.2) is 30.2 Å². The van der Waals surface area contributed by atoms with Crippen molar-refractivity contribution in [2.75, 3.05) is 17.2 Å². The van der Waals surface area contributed by atoms with Crippen LogP contribution in [0.15, 0.2) is 48.5 Å². The summed E-state index contributed by atoms with van der Waals surface area (Å²) in [7, 11) is 0. The monoisotopic (exact) mass is 408 g/mol. The van der Waals surface area contributed by atoms with Gasteiger partial charge in [-0.25, -0.2) is 0 Å². The molecule has 2 aromatic carbocycles. The zero-order valence-electron chi connectivity index (χ0n) is 16.6. The van der Waals surface area contributed by atoms with Gasteiger partial charge < -0.3 is 21.7 Å². The number of benzene rings is 2. The molecule has 1 fully saturated rings. The SMILES string of the molecule is CC1CC1C(=O)Nc1ccc(C(=O)Nc2ccccc2C(=O)NCCC(N)=O)cc1. The number of amides is 4. The fraction of sp³-hybridized carbons (Fsp3) is 0.273. The fourth-order valence-electron chi connectivity index (χ4n) is 3.01. The molecule has 8 heteroatoms. The van der Waals surface area contributed by atoms with Gasteiger partial charge in [-0.2, -0.15) is 0 Å². The maximum atomic E-state index is 12.6. The summed E-state index contributed by atoms with van der Waals surface area (Å²) < 4.78 is 0. The first-order valence-corrected chi connectivity index (χ1v) is 9.73. The van der Waals surface area contributed by atoms with Crippen molar-refractivity contribution in [3.63, 3.8) is 0 Å². The number of primary amides is 1. The van der Waals surface area contributed by atoms with Gasteiger partial charge in [-0.3, -0.25) is 19.2 Å². The lowest BCUT2D eigenvalue weighted by Gasteiger charge is -2.12. The van der Waals surface area contributed by atoms with Crippen LogP contribution in [0, 0.1) is 11.8 Å². The third-order valence-electron chi connectivity index (χ3n) is 4.94. The second kappa shape index (κ2) is 9.21. The Kier molecular flexibility index (Phi) is 6.46. The van der Waals surface area contributed by atoms with Gasteiger partial charge in [0.2, 0.25) is 11.8 Å². The predicted octanol–water partition coefficient (Wildman–Crippen LogP) is 2.14. The highest BCUT2D eigenvalue weighted by molar-refractivity contribution is 6.09. The standard InChI is InChI=1S/C22H24N4O4/c1-13-12-17(13)22(30)25-15-8-6-14(7-9-15)20(28)26-18-5-3-2-4-16(18)21(29)24-11-10-19(23)27/h2-9,13,17H,10-12H2,1H3,(H2,23,27)(H,24,29)(H,25,30)(H,26,28). The van der Waals surface area contributed by atoms with Crippen molar-refractivity contribution in [2.45, 2.75) is 19.8 Å². The van der Waals surface area contributed by atoms with Crippen molar-refractivity contribution in [2.24, 2.45) is 17.6 Å². The van der Waals surface area contributed by atoms with Gasteiger partial charge in [-0.15, -0.1) is 0 Å². The summed E-state index contributed by atoms with van der Waals surface area (Å²) in [4.78, 5) is 47.8. The Morgan fingerprint density at radius 3 is 2.27 bits per heavy atom. The number of hydrogen-bond acceptors (Lipinski definition) is 4.